The third-order valence-corrected chi connectivity index (χ3v) is 5.25. The number of benzene rings is 2. The van der Waals surface area contributed by atoms with E-state index in [1.54, 1.807) is 12.1 Å². The van der Waals surface area contributed by atoms with Gasteiger partial charge in [-0.1, -0.05) is 35.9 Å². The fourth-order valence-electron chi connectivity index (χ4n) is 3.56. The number of halogens is 1. The van der Waals surface area contributed by atoms with Crippen molar-refractivity contribution in [2.24, 2.45) is 0 Å². The monoisotopic (exact) mass is 381 g/mol. The minimum Gasteiger partial charge on any atom is -0.361 e. The predicted octanol–water partition coefficient (Wildman–Crippen LogP) is 3.59. The number of nitrogens with one attached hydrogen (secondary N) is 2. The maximum absolute atomic E-state index is 12.7. The zero-order valence-corrected chi connectivity index (χ0v) is 15.7. The summed E-state index contributed by atoms with van der Waals surface area (Å²) in [7, 11) is 0. The van der Waals surface area contributed by atoms with Crippen molar-refractivity contribution < 1.29 is 9.59 Å². The van der Waals surface area contributed by atoms with Crippen molar-refractivity contribution in [3.05, 3.63) is 64.8 Å². The molecule has 27 heavy (non-hydrogen) atoms. The van der Waals surface area contributed by atoms with Gasteiger partial charge in [-0.3, -0.25) is 9.59 Å². The summed E-state index contributed by atoms with van der Waals surface area (Å²) in [5.41, 5.74) is 3.72. The number of nitrogens with zero attached hydrogens (tertiary/aromatic N) is 1. The van der Waals surface area contributed by atoms with Gasteiger partial charge in [-0.15, -0.1) is 0 Å². The normalized spacial score (nSPS) is 17.3. The first kappa shape index (κ1) is 17.8. The number of hydrogen-bond donors (Lipinski definition) is 2. The number of amides is 2. The number of carbonyl (C=O) groups excluding carboxylic acids is 2. The van der Waals surface area contributed by atoms with Crippen molar-refractivity contribution in [1.82, 2.24) is 10.3 Å². The number of aryl methyl sites for hydroxylation is 1. The van der Waals surface area contributed by atoms with E-state index in [0.717, 1.165) is 17.5 Å². The van der Waals surface area contributed by atoms with Gasteiger partial charge >= 0.3 is 0 Å². The molecule has 2 N–H and O–H groups in total. The molecular weight excluding hydrogens is 362 g/mol. The lowest BCUT2D eigenvalue weighted by atomic mass is 10.1. The predicted molar refractivity (Wildman–Crippen MR) is 107 cm³/mol. The van der Waals surface area contributed by atoms with Gasteiger partial charge in [0, 0.05) is 23.6 Å². The summed E-state index contributed by atoms with van der Waals surface area (Å²) >= 11 is 6.25. The Kier molecular flexibility index (Phi) is 4.72. The van der Waals surface area contributed by atoms with Crippen LogP contribution in [0, 0.1) is 6.92 Å². The standard InChI is InChI=1S/C21H20ClN3O2/c1-13-6-7-19(16(22)10-13)25-20(26)11-18(21(25)27)23-9-8-14-12-24-17-5-3-2-4-15(14)17/h2-7,10,12,18,23-24H,8-9,11H2,1H3. The largest absolute Gasteiger partial charge is 0.361 e. The Labute approximate surface area is 162 Å². The lowest BCUT2D eigenvalue weighted by Crippen LogP contribution is -2.39. The van der Waals surface area contributed by atoms with Crippen molar-refractivity contribution in [3.8, 4) is 0 Å². The van der Waals surface area contributed by atoms with Crippen molar-refractivity contribution in [2.75, 3.05) is 11.4 Å². The second-order valence-corrected chi connectivity index (χ2v) is 7.25. The lowest BCUT2D eigenvalue weighted by Gasteiger charge is -2.17. The van der Waals surface area contributed by atoms with Gasteiger partial charge in [0.15, 0.2) is 0 Å². The third kappa shape index (κ3) is 3.36. The van der Waals surface area contributed by atoms with E-state index in [-0.39, 0.29) is 18.2 Å². The minimum absolute atomic E-state index is 0.150. The summed E-state index contributed by atoms with van der Waals surface area (Å²) in [4.78, 5) is 29.6. The van der Waals surface area contributed by atoms with Gasteiger partial charge in [0.1, 0.15) is 0 Å². The maximum Gasteiger partial charge on any atom is 0.251 e. The molecule has 0 radical (unpaired) electrons. The summed E-state index contributed by atoms with van der Waals surface area (Å²) in [5.74, 6) is -0.472. The van der Waals surface area contributed by atoms with Crippen LogP contribution >= 0.6 is 11.6 Å². The molecule has 1 saturated heterocycles. The van der Waals surface area contributed by atoms with E-state index in [9.17, 15) is 9.59 Å². The number of aromatic amines is 1. The van der Waals surface area contributed by atoms with Crippen LogP contribution in [0.15, 0.2) is 48.7 Å². The molecule has 138 valence electrons. The topological polar surface area (TPSA) is 65.2 Å². The van der Waals surface area contributed by atoms with Crippen LogP contribution < -0.4 is 10.2 Å². The molecule has 0 bridgehead atoms. The molecule has 5 nitrogen and oxygen atoms in total. The molecule has 1 aromatic heterocycles. The van der Waals surface area contributed by atoms with Crippen LogP contribution in [0.5, 0.6) is 0 Å². The molecule has 1 unspecified atom stereocenters. The SMILES string of the molecule is Cc1ccc(N2C(=O)CC(NCCc3c[nH]c4ccccc34)C2=O)c(Cl)c1. The van der Waals surface area contributed by atoms with E-state index in [0.29, 0.717) is 17.3 Å². The highest BCUT2D eigenvalue weighted by Gasteiger charge is 2.39. The van der Waals surface area contributed by atoms with Gasteiger partial charge < -0.3 is 10.3 Å². The van der Waals surface area contributed by atoms with Crippen LogP contribution in [0.1, 0.15) is 17.5 Å². The molecule has 1 aliphatic rings. The number of aromatic nitrogens is 1. The number of anilines is 1. The smallest absolute Gasteiger partial charge is 0.251 e. The first-order valence-electron chi connectivity index (χ1n) is 8.96. The zero-order valence-electron chi connectivity index (χ0n) is 15.0. The molecule has 1 atom stereocenters. The summed E-state index contributed by atoms with van der Waals surface area (Å²) < 4.78 is 0. The summed E-state index contributed by atoms with van der Waals surface area (Å²) in [6, 6.07) is 12.9. The van der Waals surface area contributed by atoms with E-state index >= 15 is 0 Å². The Balaban J connectivity index is 1.43. The van der Waals surface area contributed by atoms with Crippen LogP contribution in [-0.2, 0) is 16.0 Å². The van der Waals surface area contributed by atoms with Crippen LogP contribution in [0.2, 0.25) is 5.02 Å². The highest BCUT2D eigenvalue weighted by molar-refractivity contribution is 6.36. The molecule has 2 heterocycles. The van der Waals surface area contributed by atoms with Crippen molar-refractivity contribution in [1.29, 1.82) is 0 Å². The highest BCUT2D eigenvalue weighted by Crippen LogP contribution is 2.31. The Hall–Kier alpha value is -2.63. The molecule has 6 heteroatoms. The molecule has 0 spiro atoms. The molecule has 2 aromatic carbocycles. The van der Waals surface area contributed by atoms with E-state index in [2.05, 4.69) is 16.4 Å². The highest BCUT2D eigenvalue weighted by atomic mass is 35.5. The molecule has 1 fully saturated rings. The lowest BCUT2D eigenvalue weighted by molar-refractivity contribution is -0.121. The second kappa shape index (κ2) is 7.18. The Morgan fingerprint density at radius 2 is 2.04 bits per heavy atom. The van der Waals surface area contributed by atoms with Crippen LogP contribution in [0.3, 0.4) is 0 Å². The first-order valence-corrected chi connectivity index (χ1v) is 9.34. The molecule has 0 saturated carbocycles. The van der Waals surface area contributed by atoms with E-state index in [1.165, 1.54) is 15.8 Å². The molecule has 3 aromatic rings. The number of H-pyrrole nitrogens is 1. The van der Waals surface area contributed by atoms with Crippen LogP contribution in [0.25, 0.3) is 10.9 Å². The van der Waals surface area contributed by atoms with Crippen molar-refractivity contribution >= 4 is 40.0 Å². The van der Waals surface area contributed by atoms with Gasteiger partial charge in [0.2, 0.25) is 5.91 Å². The van der Waals surface area contributed by atoms with Gasteiger partial charge in [0.05, 0.1) is 23.2 Å². The van der Waals surface area contributed by atoms with E-state index in [1.807, 2.05) is 37.4 Å². The average Bonchev–Trinajstić information content (AvgIpc) is 3.17. The molecule has 4 rings (SSSR count). The van der Waals surface area contributed by atoms with E-state index < -0.39 is 6.04 Å². The number of rotatable bonds is 5. The zero-order chi connectivity index (χ0) is 19.0. The maximum atomic E-state index is 12.7. The van der Waals surface area contributed by atoms with Crippen molar-refractivity contribution in [2.45, 2.75) is 25.8 Å². The van der Waals surface area contributed by atoms with Crippen LogP contribution in [-0.4, -0.2) is 29.4 Å². The number of fused-ring (bicyclic) bond motifs is 1. The Morgan fingerprint density at radius 3 is 2.85 bits per heavy atom. The molecular formula is C21H20ClN3O2. The molecule has 1 aliphatic heterocycles. The molecule has 2 amide bonds. The average molecular weight is 382 g/mol. The van der Waals surface area contributed by atoms with Crippen LogP contribution in [0.4, 0.5) is 5.69 Å². The van der Waals surface area contributed by atoms with Gasteiger partial charge in [-0.25, -0.2) is 4.90 Å². The number of carbonyl (C=O) groups is 2. The Morgan fingerprint density at radius 1 is 1.22 bits per heavy atom. The summed E-state index contributed by atoms with van der Waals surface area (Å²) in [6.45, 7) is 2.53. The second-order valence-electron chi connectivity index (χ2n) is 6.84. The quantitative estimate of drug-likeness (QED) is 0.664. The fourth-order valence-corrected chi connectivity index (χ4v) is 3.88. The van der Waals surface area contributed by atoms with Crippen molar-refractivity contribution in [3.63, 3.8) is 0 Å². The van der Waals surface area contributed by atoms with Gasteiger partial charge in [-0.05, 0) is 42.7 Å². The third-order valence-electron chi connectivity index (χ3n) is 4.95. The minimum atomic E-state index is -0.514. The van der Waals surface area contributed by atoms with Gasteiger partial charge in [-0.2, -0.15) is 0 Å². The molecule has 0 aliphatic carbocycles. The first-order chi connectivity index (χ1) is 13.0. The fraction of sp³-hybridized carbons (Fsp3) is 0.238. The number of imide groups is 1. The van der Waals surface area contributed by atoms with E-state index in [4.69, 9.17) is 11.6 Å². The summed E-state index contributed by atoms with van der Waals surface area (Å²) in [6.07, 6.45) is 2.91. The number of para-hydroxylation sites is 1. The van der Waals surface area contributed by atoms with Gasteiger partial charge in [0.25, 0.3) is 5.91 Å². The summed E-state index contributed by atoms with van der Waals surface area (Å²) in [5, 5.41) is 4.82. The Bertz CT molecular complexity index is 1030. The number of hydrogen-bond acceptors (Lipinski definition) is 3.